The van der Waals surface area contributed by atoms with Crippen LogP contribution in [0.25, 0.3) is 0 Å². The highest BCUT2D eigenvalue weighted by Crippen LogP contribution is 2.42. The molecule has 1 spiro atoms. The number of methoxy groups -OCH3 is 1. The first-order valence-corrected chi connectivity index (χ1v) is 10.1. The number of H-pyrrole nitrogens is 1. The molecule has 1 fully saturated rings. The van der Waals surface area contributed by atoms with E-state index in [2.05, 4.69) is 40.0 Å². The summed E-state index contributed by atoms with van der Waals surface area (Å²) in [5.74, 6) is 0.0582. The van der Waals surface area contributed by atoms with Gasteiger partial charge >= 0.3 is 0 Å². The van der Waals surface area contributed by atoms with E-state index in [1.165, 1.54) is 11.3 Å². The minimum absolute atomic E-state index is 0.0582. The first-order chi connectivity index (χ1) is 13.5. The van der Waals surface area contributed by atoms with Crippen molar-refractivity contribution >= 4 is 5.91 Å². The maximum absolute atomic E-state index is 12.8. The Morgan fingerprint density at radius 3 is 2.79 bits per heavy atom. The van der Waals surface area contributed by atoms with E-state index in [-0.39, 0.29) is 18.1 Å². The minimum atomic E-state index is -0.318. The third kappa shape index (κ3) is 3.35. The van der Waals surface area contributed by atoms with Crippen LogP contribution in [0.15, 0.2) is 18.7 Å². The molecule has 1 N–H and O–H groups in total. The van der Waals surface area contributed by atoms with Gasteiger partial charge in [-0.3, -0.25) is 14.4 Å². The number of ether oxygens (including phenoxy) is 1. The van der Waals surface area contributed by atoms with Crippen molar-refractivity contribution in [2.75, 3.05) is 33.4 Å². The van der Waals surface area contributed by atoms with Crippen LogP contribution in [0.2, 0.25) is 0 Å². The Hall–Kier alpha value is -2.19. The fraction of sp³-hybridized carbons (Fsp3) is 0.650. The van der Waals surface area contributed by atoms with Crippen molar-refractivity contribution < 1.29 is 9.53 Å². The second-order valence-electron chi connectivity index (χ2n) is 8.19. The number of amides is 1. The summed E-state index contributed by atoms with van der Waals surface area (Å²) in [5.41, 5.74) is 3.15. The Labute approximate surface area is 165 Å². The van der Waals surface area contributed by atoms with E-state index in [1.54, 1.807) is 13.4 Å². The number of imidazole rings is 1. The Morgan fingerprint density at radius 1 is 1.32 bits per heavy atom. The van der Waals surface area contributed by atoms with Gasteiger partial charge in [-0.1, -0.05) is 0 Å². The number of rotatable bonds is 5. The number of carbonyl (C=O) groups is 1. The molecule has 0 aliphatic carbocycles. The lowest BCUT2D eigenvalue weighted by atomic mass is 9.78. The summed E-state index contributed by atoms with van der Waals surface area (Å²) >= 11 is 0. The Bertz CT molecular complexity index is 818. The highest BCUT2D eigenvalue weighted by molar-refractivity contribution is 5.79. The fourth-order valence-corrected chi connectivity index (χ4v) is 4.63. The molecular formula is C20H30N6O2. The number of hydrogen-bond donors (Lipinski definition) is 1. The topological polar surface area (TPSA) is 79.3 Å². The van der Waals surface area contributed by atoms with Gasteiger partial charge in [0.05, 0.1) is 23.8 Å². The Morgan fingerprint density at radius 2 is 2.11 bits per heavy atom. The number of nitrogens with one attached hydrogen (secondary N) is 1. The van der Waals surface area contributed by atoms with Crippen LogP contribution >= 0.6 is 0 Å². The molecule has 1 amide bonds. The molecule has 2 aliphatic heterocycles. The maximum Gasteiger partial charge on any atom is 0.249 e. The smallest absolute Gasteiger partial charge is 0.249 e. The van der Waals surface area contributed by atoms with Gasteiger partial charge in [-0.25, -0.2) is 4.98 Å². The molecule has 0 unspecified atom stereocenters. The van der Waals surface area contributed by atoms with E-state index in [9.17, 15) is 4.79 Å². The van der Waals surface area contributed by atoms with Gasteiger partial charge in [-0.05, 0) is 26.7 Å². The van der Waals surface area contributed by atoms with Crippen molar-refractivity contribution in [3.05, 3.63) is 35.7 Å². The zero-order valence-electron chi connectivity index (χ0n) is 17.0. The number of aromatic nitrogens is 4. The molecule has 4 heterocycles. The molecule has 28 heavy (non-hydrogen) atoms. The number of likely N-dealkylation sites (tertiary alicyclic amines) is 1. The lowest BCUT2D eigenvalue weighted by molar-refractivity contribution is -0.146. The molecule has 2 aromatic heterocycles. The van der Waals surface area contributed by atoms with E-state index in [0.29, 0.717) is 6.04 Å². The van der Waals surface area contributed by atoms with Crippen molar-refractivity contribution in [2.45, 2.75) is 51.2 Å². The van der Waals surface area contributed by atoms with E-state index in [4.69, 9.17) is 4.74 Å². The van der Waals surface area contributed by atoms with Gasteiger partial charge in [-0.15, -0.1) is 0 Å². The van der Waals surface area contributed by atoms with Gasteiger partial charge in [0.1, 0.15) is 6.61 Å². The van der Waals surface area contributed by atoms with E-state index in [1.807, 2.05) is 15.8 Å². The largest absolute Gasteiger partial charge is 0.375 e. The van der Waals surface area contributed by atoms with Gasteiger partial charge in [-0.2, -0.15) is 5.10 Å². The minimum Gasteiger partial charge on any atom is -0.375 e. The summed E-state index contributed by atoms with van der Waals surface area (Å²) in [6.45, 7) is 7.86. The SMILES string of the molecule is COCC(=O)N1CCc2[nH]cnc2C12CCN(Cc1cnn(C(C)C)c1)CC2. The standard InChI is InChI=1S/C20H30N6O2/c1-15(2)26-12-16(10-23-26)11-24-8-5-20(6-9-24)19-17(21-14-22-19)4-7-25(20)18(27)13-28-3/h10,12,14-15H,4-9,11,13H2,1-3H3,(H,21,22). The number of fused-ring (bicyclic) bond motifs is 2. The number of carbonyl (C=O) groups excluding carboxylic acids is 1. The van der Waals surface area contributed by atoms with Gasteiger partial charge in [0.2, 0.25) is 5.91 Å². The second-order valence-corrected chi connectivity index (χ2v) is 8.19. The summed E-state index contributed by atoms with van der Waals surface area (Å²) in [6.07, 6.45) is 8.46. The van der Waals surface area contributed by atoms with Gasteiger partial charge in [0.25, 0.3) is 0 Å². The van der Waals surface area contributed by atoms with Crippen LogP contribution in [0.5, 0.6) is 0 Å². The molecule has 0 atom stereocenters. The molecule has 152 valence electrons. The Kier molecular flexibility index (Phi) is 5.25. The predicted molar refractivity (Wildman–Crippen MR) is 105 cm³/mol. The second kappa shape index (κ2) is 7.67. The molecule has 4 rings (SSSR count). The number of aromatic amines is 1. The molecule has 0 aromatic carbocycles. The number of piperidine rings is 1. The number of hydrogen-bond acceptors (Lipinski definition) is 5. The van der Waals surface area contributed by atoms with Crippen LogP contribution in [0.1, 0.15) is 49.7 Å². The molecule has 2 aromatic rings. The van der Waals surface area contributed by atoms with Crippen LogP contribution in [0, 0.1) is 0 Å². The van der Waals surface area contributed by atoms with Gasteiger partial charge < -0.3 is 14.6 Å². The molecule has 2 aliphatic rings. The molecule has 8 heteroatoms. The normalized spacial score (nSPS) is 19.4. The lowest BCUT2D eigenvalue weighted by Crippen LogP contribution is -2.58. The van der Waals surface area contributed by atoms with Crippen molar-refractivity contribution in [3.63, 3.8) is 0 Å². The van der Waals surface area contributed by atoms with Crippen LogP contribution in [-0.4, -0.2) is 68.8 Å². The number of nitrogens with zero attached hydrogens (tertiary/aromatic N) is 5. The predicted octanol–water partition coefficient (Wildman–Crippen LogP) is 1.71. The summed E-state index contributed by atoms with van der Waals surface area (Å²) < 4.78 is 7.15. The summed E-state index contributed by atoms with van der Waals surface area (Å²) in [4.78, 5) is 25.2. The van der Waals surface area contributed by atoms with Crippen molar-refractivity contribution in [1.29, 1.82) is 0 Å². The molecule has 0 radical (unpaired) electrons. The zero-order chi connectivity index (χ0) is 19.7. The zero-order valence-corrected chi connectivity index (χ0v) is 17.0. The maximum atomic E-state index is 12.8. The van der Waals surface area contributed by atoms with Crippen LogP contribution in [-0.2, 0) is 28.0 Å². The molecule has 8 nitrogen and oxygen atoms in total. The lowest BCUT2D eigenvalue weighted by Gasteiger charge is -2.50. The Balaban J connectivity index is 1.50. The average molecular weight is 387 g/mol. The van der Waals surface area contributed by atoms with Gasteiger partial charge in [0, 0.05) is 63.2 Å². The third-order valence-corrected chi connectivity index (χ3v) is 6.10. The summed E-state index contributed by atoms with van der Waals surface area (Å²) in [5, 5.41) is 4.45. The van der Waals surface area contributed by atoms with Crippen molar-refractivity contribution in [3.8, 4) is 0 Å². The van der Waals surface area contributed by atoms with Crippen molar-refractivity contribution in [2.24, 2.45) is 0 Å². The van der Waals surface area contributed by atoms with Crippen LogP contribution < -0.4 is 0 Å². The quantitative estimate of drug-likeness (QED) is 0.846. The van der Waals surface area contributed by atoms with E-state index in [0.717, 1.165) is 51.1 Å². The molecule has 0 saturated carbocycles. The van der Waals surface area contributed by atoms with Crippen molar-refractivity contribution in [1.82, 2.24) is 29.5 Å². The first-order valence-electron chi connectivity index (χ1n) is 10.1. The third-order valence-electron chi connectivity index (χ3n) is 6.10. The van der Waals surface area contributed by atoms with Crippen LogP contribution in [0.3, 0.4) is 0 Å². The highest BCUT2D eigenvalue weighted by Gasteiger charge is 2.48. The molecule has 1 saturated heterocycles. The summed E-state index contributed by atoms with van der Waals surface area (Å²) in [7, 11) is 1.58. The first kappa shape index (κ1) is 19.1. The van der Waals surface area contributed by atoms with E-state index >= 15 is 0 Å². The molecular weight excluding hydrogens is 356 g/mol. The highest BCUT2D eigenvalue weighted by atomic mass is 16.5. The van der Waals surface area contributed by atoms with Crippen LogP contribution in [0.4, 0.5) is 0 Å². The monoisotopic (exact) mass is 386 g/mol. The molecule has 0 bridgehead atoms. The van der Waals surface area contributed by atoms with Gasteiger partial charge in [0.15, 0.2) is 0 Å². The average Bonchev–Trinajstić information content (AvgIpc) is 3.34. The van der Waals surface area contributed by atoms with E-state index < -0.39 is 0 Å². The summed E-state index contributed by atoms with van der Waals surface area (Å²) in [6, 6.07) is 0.374. The fourth-order valence-electron chi connectivity index (χ4n) is 4.63.